The molecular weight excluding hydrogens is 224 g/mol. The first-order chi connectivity index (χ1) is 8.79. The fraction of sp³-hybridized carbons (Fsp3) is 0.333. The standard InChI is InChI=1S/C15H20N2O/c1-14(18)17-12-8-3-2-7-11-16-13-15-9-5-4-6-10-15/h4-6,8-12H,2-3,7,13H2,1H3,(H,17,18)/b12-8+,16-11+. The molecule has 0 aliphatic rings. The van der Waals surface area contributed by atoms with E-state index in [1.54, 1.807) is 6.20 Å². The van der Waals surface area contributed by atoms with Crippen LogP contribution in [0.3, 0.4) is 0 Å². The van der Waals surface area contributed by atoms with E-state index in [0.717, 1.165) is 25.8 Å². The highest BCUT2D eigenvalue weighted by Crippen LogP contribution is 2.00. The minimum Gasteiger partial charge on any atom is -0.333 e. The summed E-state index contributed by atoms with van der Waals surface area (Å²) in [5.41, 5.74) is 1.24. The third-order valence-electron chi connectivity index (χ3n) is 2.35. The highest BCUT2D eigenvalue weighted by atomic mass is 16.1. The number of nitrogens with one attached hydrogen (secondary N) is 1. The molecule has 0 bridgehead atoms. The predicted molar refractivity (Wildman–Crippen MR) is 75.4 cm³/mol. The summed E-state index contributed by atoms with van der Waals surface area (Å²) in [4.78, 5) is 14.9. The second-order valence-corrected chi connectivity index (χ2v) is 4.04. The molecule has 0 atom stereocenters. The molecule has 0 radical (unpaired) electrons. The van der Waals surface area contributed by atoms with Crippen LogP contribution >= 0.6 is 0 Å². The molecule has 0 heterocycles. The van der Waals surface area contributed by atoms with Crippen LogP contribution in [0.15, 0.2) is 47.6 Å². The molecule has 1 aromatic rings. The lowest BCUT2D eigenvalue weighted by molar-refractivity contribution is -0.118. The van der Waals surface area contributed by atoms with Gasteiger partial charge in [0.15, 0.2) is 0 Å². The van der Waals surface area contributed by atoms with Crippen molar-refractivity contribution in [1.29, 1.82) is 0 Å². The molecule has 3 heteroatoms. The van der Waals surface area contributed by atoms with E-state index in [9.17, 15) is 4.79 Å². The second kappa shape index (κ2) is 9.16. The van der Waals surface area contributed by atoms with Gasteiger partial charge in [0.25, 0.3) is 0 Å². The minimum atomic E-state index is -0.0318. The SMILES string of the molecule is CC(=O)N/C=C/CCC/C=N/Cc1ccccc1. The monoisotopic (exact) mass is 244 g/mol. The van der Waals surface area contributed by atoms with Gasteiger partial charge in [-0.25, -0.2) is 0 Å². The fourth-order valence-electron chi connectivity index (χ4n) is 1.43. The number of aliphatic imine (C=N–C) groups is 1. The van der Waals surface area contributed by atoms with Crippen molar-refractivity contribution in [2.75, 3.05) is 0 Å². The van der Waals surface area contributed by atoms with Gasteiger partial charge in [-0.15, -0.1) is 0 Å². The molecule has 0 aliphatic heterocycles. The number of unbranched alkanes of at least 4 members (excludes halogenated alkanes) is 2. The van der Waals surface area contributed by atoms with Crippen LogP contribution in [0.25, 0.3) is 0 Å². The topological polar surface area (TPSA) is 41.5 Å². The highest BCUT2D eigenvalue weighted by Gasteiger charge is 1.87. The van der Waals surface area contributed by atoms with Crippen LogP contribution in [0.2, 0.25) is 0 Å². The van der Waals surface area contributed by atoms with Crippen LogP contribution in [0.4, 0.5) is 0 Å². The number of hydrogen-bond donors (Lipinski definition) is 1. The van der Waals surface area contributed by atoms with Gasteiger partial charge in [-0.2, -0.15) is 0 Å². The first kappa shape index (κ1) is 14.2. The lowest BCUT2D eigenvalue weighted by atomic mass is 10.2. The van der Waals surface area contributed by atoms with E-state index in [1.807, 2.05) is 30.5 Å². The summed E-state index contributed by atoms with van der Waals surface area (Å²) in [6, 6.07) is 10.2. The van der Waals surface area contributed by atoms with E-state index in [1.165, 1.54) is 12.5 Å². The summed E-state index contributed by atoms with van der Waals surface area (Å²) in [5.74, 6) is -0.0318. The Morgan fingerprint density at radius 3 is 2.78 bits per heavy atom. The lowest BCUT2D eigenvalue weighted by Gasteiger charge is -1.95. The third-order valence-corrected chi connectivity index (χ3v) is 2.35. The smallest absolute Gasteiger partial charge is 0.220 e. The molecule has 1 rings (SSSR count). The summed E-state index contributed by atoms with van der Waals surface area (Å²) in [6.45, 7) is 2.25. The molecule has 0 aromatic heterocycles. The van der Waals surface area contributed by atoms with Gasteiger partial charge in [0.2, 0.25) is 5.91 Å². The van der Waals surface area contributed by atoms with Crippen LogP contribution < -0.4 is 5.32 Å². The van der Waals surface area contributed by atoms with Crippen molar-refractivity contribution in [3.05, 3.63) is 48.2 Å². The van der Waals surface area contributed by atoms with Gasteiger partial charge in [0.1, 0.15) is 0 Å². The van der Waals surface area contributed by atoms with Crippen molar-refractivity contribution < 1.29 is 4.79 Å². The molecule has 0 fully saturated rings. The van der Waals surface area contributed by atoms with Gasteiger partial charge in [0.05, 0.1) is 6.54 Å². The van der Waals surface area contributed by atoms with Gasteiger partial charge >= 0.3 is 0 Å². The Labute approximate surface area is 109 Å². The number of benzene rings is 1. The van der Waals surface area contributed by atoms with Gasteiger partial charge in [-0.05, 0) is 37.2 Å². The average Bonchev–Trinajstić information content (AvgIpc) is 2.37. The fourth-order valence-corrected chi connectivity index (χ4v) is 1.43. The summed E-state index contributed by atoms with van der Waals surface area (Å²) in [6.07, 6.45) is 8.61. The van der Waals surface area contributed by atoms with Crippen molar-refractivity contribution in [3.63, 3.8) is 0 Å². The third kappa shape index (κ3) is 7.39. The number of nitrogens with zero attached hydrogens (tertiary/aromatic N) is 1. The van der Waals surface area contributed by atoms with Crippen LogP contribution in [0.5, 0.6) is 0 Å². The van der Waals surface area contributed by atoms with Crippen molar-refractivity contribution in [1.82, 2.24) is 5.32 Å². The molecule has 0 saturated carbocycles. The molecule has 0 spiro atoms. The summed E-state index contributed by atoms with van der Waals surface area (Å²) in [5, 5.41) is 2.62. The second-order valence-electron chi connectivity index (χ2n) is 4.04. The molecular formula is C15H20N2O. The Morgan fingerprint density at radius 1 is 1.28 bits per heavy atom. The van der Waals surface area contributed by atoms with E-state index < -0.39 is 0 Å². The minimum absolute atomic E-state index is 0.0318. The van der Waals surface area contributed by atoms with Gasteiger partial charge in [-0.3, -0.25) is 9.79 Å². The zero-order valence-electron chi connectivity index (χ0n) is 10.8. The molecule has 1 aromatic carbocycles. The quantitative estimate of drug-likeness (QED) is 0.581. The summed E-state index contributed by atoms with van der Waals surface area (Å²) in [7, 11) is 0. The summed E-state index contributed by atoms with van der Waals surface area (Å²) < 4.78 is 0. The Hall–Kier alpha value is -1.90. The lowest BCUT2D eigenvalue weighted by Crippen LogP contribution is -2.11. The van der Waals surface area contributed by atoms with Crippen LogP contribution in [0, 0.1) is 0 Å². The Morgan fingerprint density at radius 2 is 2.06 bits per heavy atom. The van der Waals surface area contributed by atoms with Crippen molar-refractivity contribution in [3.8, 4) is 0 Å². The molecule has 1 N–H and O–H groups in total. The first-order valence-electron chi connectivity index (χ1n) is 6.23. The van der Waals surface area contributed by atoms with E-state index >= 15 is 0 Å². The van der Waals surface area contributed by atoms with E-state index in [0.29, 0.717) is 0 Å². The molecule has 18 heavy (non-hydrogen) atoms. The maximum atomic E-state index is 10.6. The molecule has 0 saturated heterocycles. The zero-order chi connectivity index (χ0) is 13.1. The number of carbonyl (C=O) groups is 1. The highest BCUT2D eigenvalue weighted by molar-refractivity contribution is 5.73. The van der Waals surface area contributed by atoms with E-state index in [-0.39, 0.29) is 5.91 Å². The Balaban J connectivity index is 2.04. The largest absolute Gasteiger partial charge is 0.333 e. The van der Waals surface area contributed by atoms with Gasteiger partial charge in [-0.1, -0.05) is 36.4 Å². The normalized spacial score (nSPS) is 11.2. The Bertz CT molecular complexity index is 396. The number of allylic oxidation sites excluding steroid dienone is 1. The molecule has 0 aliphatic carbocycles. The van der Waals surface area contributed by atoms with E-state index in [2.05, 4.69) is 22.4 Å². The first-order valence-corrected chi connectivity index (χ1v) is 6.23. The van der Waals surface area contributed by atoms with Crippen LogP contribution in [0.1, 0.15) is 31.7 Å². The molecule has 96 valence electrons. The summed E-state index contributed by atoms with van der Waals surface area (Å²) >= 11 is 0. The van der Waals surface area contributed by atoms with Crippen molar-refractivity contribution >= 4 is 12.1 Å². The molecule has 0 unspecified atom stereocenters. The molecule has 3 nitrogen and oxygen atoms in total. The van der Waals surface area contributed by atoms with Crippen molar-refractivity contribution in [2.45, 2.75) is 32.7 Å². The molecule has 1 amide bonds. The van der Waals surface area contributed by atoms with Crippen molar-refractivity contribution in [2.24, 2.45) is 4.99 Å². The maximum Gasteiger partial charge on any atom is 0.220 e. The number of carbonyl (C=O) groups excluding carboxylic acids is 1. The van der Waals surface area contributed by atoms with E-state index in [4.69, 9.17) is 0 Å². The van der Waals surface area contributed by atoms with Gasteiger partial charge < -0.3 is 5.32 Å². The predicted octanol–water partition coefficient (Wildman–Crippen LogP) is 3.08. The number of rotatable bonds is 7. The van der Waals surface area contributed by atoms with Gasteiger partial charge in [0, 0.05) is 6.92 Å². The van der Waals surface area contributed by atoms with Crippen LogP contribution in [-0.2, 0) is 11.3 Å². The average molecular weight is 244 g/mol. The zero-order valence-corrected chi connectivity index (χ0v) is 10.8. The van der Waals surface area contributed by atoms with Crippen LogP contribution in [-0.4, -0.2) is 12.1 Å². The Kier molecular flexibility index (Phi) is 7.21. The number of hydrogen-bond acceptors (Lipinski definition) is 2. The number of amides is 1. The maximum absolute atomic E-state index is 10.6.